The fourth-order valence-corrected chi connectivity index (χ4v) is 6.91. The molecule has 1 saturated heterocycles. The molecule has 1 N–H and O–H groups in total. The molecule has 4 rings (SSSR count). The van der Waals surface area contributed by atoms with E-state index in [1.165, 1.54) is 5.56 Å². The molecular weight excluding hydrogens is 552 g/mol. The summed E-state index contributed by atoms with van der Waals surface area (Å²) >= 11 is 0. The Labute approximate surface area is 265 Å². The molecule has 7 nitrogen and oxygen atoms in total. The molecular formula is C37H54N2O5. The summed E-state index contributed by atoms with van der Waals surface area (Å²) in [5.41, 5.74) is 2.70. The Morgan fingerprint density at radius 1 is 1.00 bits per heavy atom. The number of carbonyl (C=O) groups excluding carboxylic acids is 2. The van der Waals surface area contributed by atoms with Crippen LogP contribution in [0.25, 0.3) is 0 Å². The number of hydrogen-bond donors (Lipinski definition) is 1. The highest BCUT2D eigenvalue weighted by Gasteiger charge is 2.42. The zero-order valence-electron chi connectivity index (χ0n) is 28.0. The first-order chi connectivity index (χ1) is 20.8. The predicted octanol–water partition coefficient (Wildman–Crippen LogP) is 7.52. The van der Waals surface area contributed by atoms with E-state index in [4.69, 9.17) is 14.2 Å². The Kier molecular flexibility index (Phi) is 11.0. The molecule has 44 heavy (non-hydrogen) atoms. The molecule has 1 saturated carbocycles. The topological polar surface area (TPSA) is 77.1 Å². The minimum absolute atomic E-state index is 0.0115. The third-order valence-corrected chi connectivity index (χ3v) is 9.31. The number of anilines is 1. The molecule has 0 spiro atoms. The first-order valence-corrected chi connectivity index (χ1v) is 16.5. The smallest absolute Gasteiger partial charge is 0.308 e. The second kappa shape index (κ2) is 14.4. The maximum Gasteiger partial charge on any atom is 0.308 e. The third-order valence-electron chi connectivity index (χ3n) is 9.31. The summed E-state index contributed by atoms with van der Waals surface area (Å²) in [5.74, 6) is 0.893. The first kappa shape index (κ1) is 33.8. The van der Waals surface area contributed by atoms with Crippen molar-refractivity contribution in [1.29, 1.82) is 0 Å². The molecule has 1 amide bonds. The van der Waals surface area contributed by atoms with Gasteiger partial charge >= 0.3 is 5.97 Å². The van der Waals surface area contributed by atoms with Gasteiger partial charge in [0.25, 0.3) is 0 Å². The highest BCUT2D eigenvalue weighted by Crippen LogP contribution is 2.44. The van der Waals surface area contributed by atoms with Crippen molar-refractivity contribution < 1.29 is 23.8 Å². The highest BCUT2D eigenvalue weighted by molar-refractivity contribution is 5.81. The third kappa shape index (κ3) is 8.77. The lowest BCUT2D eigenvalue weighted by Crippen LogP contribution is -2.47. The molecule has 2 aromatic rings. The molecule has 2 aromatic carbocycles. The van der Waals surface area contributed by atoms with E-state index >= 15 is 0 Å². The Morgan fingerprint density at radius 2 is 1.66 bits per heavy atom. The quantitative estimate of drug-likeness (QED) is 0.267. The van der Waals surface area contributed by atoms with Crippen LogP contribution in [-0.4, -0.2) is 55.3 Å². The second-order valence-electron chi connectivity index (χ2n) is 14.4. The van der Waals surface area contributed by atoms with Crippen LogP contribution in [0.5, 0.6) is 5.75 Å². The van der Waals surface area contributed by atoms with Crippen LogP contribution in [-0.2, 0) is 31.0 Å². The molecule has 2 aliphatic rings. The molecule has 242 valence electrons. The molecule has 0 radical (unpaired) electrons. The van der Waals surface area contributed by atoms with Crippen molar-refractivity contribution in [2.75, 3.05) is 32.1 Å². The Hall–Kier alpha value is -3.06. The number of esters is 1. The highest BCUT2D eigenvalue weighted by atomic mass is 16.5. The largest absolute Gasteiger partial charge is 0.490 e. The van der Waals surface area contributed by atoms with E-state index < -0.39 is 5.41 Å². The van der Waals surface area contributed by atoms with E-state index in [0.29, 0.717) is 26.3 Å². The van der Waals surface area contributed by atoms with Crippen molar-refractivity contribution in [2.45, 2.75) is 110 Å². The van der Waals surface area contributed by atoms with Gasteiger partial charge in [0.05, 0.1) is 24.2 Å². The molecule has 7 heteroatoms. The number of nitrogens with one attached hydrogen (secondary N) is 1. The minimum Gasteiger partial charge on any atom is -0.490 e. The van der Waals surface area contributed by atoms with E-state index in [1.807, 2.05) is 51.8 Å². The number of rotatable bonds is 11. The van der Waals surface area contributed by atoms with Gasteiger partial charge in [0.1, 0.15) is 5.75 Å². The normalized spacial score (nSPS) is 23.4. The van der Waals surface area contributed by atoms with Crippen molar-refractivity contribution in [1.82, 2.24) is 4.90 Å². The average Bonchev–Trinajstić information content (AvgIpc) is 2.99. The number of carbonyl (C=O) groups is 2. The van der Waals surface area contributed by atoms with Gasteiger partial charge in [-0.1, -0.05) is 45.0 Å². The molecule has 1 unspecified atom stereocenters. The van der Waals surface area contributed by atoms with Gasteiger partial charge in [0.15, 0.2) is 0 Å². The van der Waals surface area contributed by atoms with Gasteiger partial charge in [-0.05, 0) is 101 Å². The van der Waals surface area contributed by atoms with Crippen molar-refractivity contribution in [3.8, 4) is 5.75 Å². The molecule has 1 heterocycles. The van der Waals surface area contributed by atoms with Crippen LogP contribution in [0.2, 0.25) is 0 Å². The van der Waals surface area contributed by atoms with Crippen LogP contribution in [0.3, 0.4) is 0 Å². The fourth-order valence-electron chi connectivity index (χ4n) is 6.91. The van der Waals surface area contributed by atoms with Crippen LogP contribution < -0.4 is 10.1 Å². The van der Waals surface area contributed by atoms with E-state index in [0.717, 1.165) is 61.9 Å². The van der Waals surface area contributed by atoms with E-state index in [9.17, 15) is 9.59 Å². The first-order valence-electron chi connectivity index (χ1n) is 16.5. The maximum absolute atomic E-state index is 13.8. The van der Waals surface area contributed by atoms with Gasteiger partial charge < -0.3 is 24.4 Å². The van der Waals surface area contributed by atoms with E-state index in [1.54, 1.807) is 0 Å². The Bertz CT molecular complexity index is 1230. The summed E-state index contributed by atoms with van der Waals surface area (Å²) in [6, 6.07) is 17.0. The van der Waals surface area contributed by atoms with Gasteiger partial charge in [0, 0.05) is 43.3 Å². The zero-order chi connectivity index (χ0) is 32.0. The monoisotopic (exact) mass is 606 g/mol. The number of benzene rings is 2. The van der Waals surface area contributed by atoms with Gasteiger partial charge in [-0.15, -0.1) is 0 Å². The van der Waals surface area contributed by atoms with Crippen LogP contribution in [0.4, 0.5) is 5.69 Å². The summed E-state index contributed by atoms with van der Waals surface area (Å²) in [6.07, 6.45) is 6.11. The summed E-state index contributed by atoms with van der Waals surface area (Å²) in [5, 5.41) is 3.23. The number of hydrogen-bond acceptors (Lipinski definition) is 6. The van der Waals surface area contributed by atoms with Crippen LogP contribution in [0.15, 0.2) is 48.5 Å². The predicted molar refractivity (Wildman–Crippen MR) is 176 cm³/mol. The summed E-state index contributed by atoms with van der Waals surface area (Å²) in [7, 11) is 1.94. The van der Waals surface area contributed by atoms with Crippen LogP contribution in [0.1, 0.15) is 97.6 Å². The maximum atomic E-state index is 13.8. The van der Waals surface area contributed by atoms with Gasteiger partial charge in [0.2, 0.25) is 5.91 Å². The second-order valence-corrected chi connectivity index (χ2v) is 14.4. The molecule has 1 atom stereocenters. The van der Waals surface area contributed by atoms with Crippen molar-refractivity contribution in [2.24, 2.45) is 11.3 Å². The van der Waals surface area contributed by atoms with Gasteiger partial charge in [-0.25, -0.2) is 0 Å². The molecule has 1 aliphatic carbocycles. The number of nitrogens with zero attached hydrogens (tertiary/aromatic N) is 1. The number of amides is 1. The van der Waals surface area contributed by atoms with E-state index in [-0.39, 0.29) is 34.9 Å². The molecule has 2 fully saturated rings. The summed E-state index contributed by atoms with van der Waals surface area (Å²) in [4.78, 5) is 27.9. The van der Waals surface area contributed by atoms with Crippen LogP contribution in [0, 0.1) is 11.3 Å². The number of ether oxygens (including phenoxy) is 3. The molecule has 0 aromatic heterocycles. The summed E-state index contributed by atoms with van der Waals surface area (Å²) < 4.78 is 17.6. The van der Waals surface area contributed by atoms with Crippen molar-refractivity contribution >= 4 is 17.6 Å². The molecule has 1 aliphatic heterocycles. The molecule has 0 bridgehead atoms. The lowest BCUT2D eigenvalue weighted by molar-refractivity contribution is -0.149. The lowest BCUT2D eigenvalue weighted by Gasteiger charge is -2.46. The Balaban J connectivity index is 1.45. The Morgan fingerprint density at radius 3 is 2.23 bits per heavy atom. The standard InChI is InChI=1S/C37H54N2O5/c1-8-42-33(40)28-11-19-32(20-12-28)44-31-17-9-27(10-18-31)25-39(34(41)35(2,3)4)23-21-37(22-24-43-36(5,6)26-37)29-13-15-30(38-7)16-14-29/h9-10,13-18,28,32,38H,8,11-12,19-26H2,1-7H3. The lowest BCUT2D eigenvalue weighted by atomic mass is 9.67. The SMILES string of the molecule is CCOC(=O)C1CCC(Oc2ccc(CN(CCC3(c4ccc(NC)cc4)CCOC(C)(C)C3)C(=O)C(C)(C)C)cc2)CC1. The minimum atomic E-state index is -0.484. The van der Waals surface area contributed by atoms with Crippen molar-refractivity contribution in [3.05, 3.63) is 59.7 Å². The average molecular weight is 607 g/mol. The van der Waals surface area contributed by atoms with Crippen LogP contribution >= 0.6 is 0 Å². The van der Waals surface area contributed by atoms with Gasteiger partial charge in [-0.2, -0.15) is 0 Å². The van der Waals surface area contributed by atoms with Crippen molar-refractivity contribution in [3.63, 3.8) is 0 Å². The zero-order valence-corrected chi connectivity index (χ0v) is 28.0. The summed E-state index contributed by atoms with van der Waals surface area (Å²) in [6.45, 7) is 14.6. The van der Waals surface area contributed by atoms with E-state index in [2.05, 4.69) is 55.6 Å². The fraction of sp³-hybridized carbons (Fsp3) is 0.622. The van der Waals surface area contributed by atoms with Gasteiger partial charge in [-0.3, -0.25) is 9.59 Å².